The number of hydrogen-bond acceptors (Lipinski definition) is 3. The standard InChI is InChI=1S/C12H14ClN3O/c1-7-11(16(2)12(14)15-7)9-6-8(13)4-5-10(9)17-3/h4-6H,1-3H3,(H2,14,15). The first kappa shape index (κ1) is 11.8. The van der Waals surface area contributed by atoms with E-state index < -0.39 is 0 Å². The second kappa shape index (κ2) is 4.30. The average molecular weight is 252 g/mol. The number of nitrogens with zero attached hydrogens (tertiary/aromatic N) is 2. The molecular formula is C12H14ClN3O. The first-order chi connectivity index (χ1) is 8.04. The summed E-state index contributed by atoms with van der Waals surface area (Å²) in [6, 6.07) is 5.48. The minimum Gasteiger partial charge on any atom is -0.496 e. The highest BCUT2D eigenvalue weighted by Gasteiger charge is 2.15. The molecular weight excluding hydrogens is 238 g/mol. The fraction of sp³-hybridized carbons (Fsp3) is 0.250. The number of halogens is 1. The lowest BCUT2D eigenvalue weighted by atomic mass is 10.1. The Labute approximate surface area is 105 Å². The van der Waals surface area contributed by atoms with Gasteiger partial charge in [0.2, 0.25) is 5.95 Å². The number of nitrogen functional groups attached to an aromatic ring is 1. The van der Waals surface area contributed by atoms with Gasteiger partial charge in [-0.1, -0.05) is 11.6 Å². The predicted octanol–water partition coefficient (Wildman–Crippen LogP) is 2.64. The van der Waals surface area contributed by atoms with E-state index in [1.54, 1.807) is 13.2 Å². The Morgan fingerprint density at radius 1 is 1.41 bits per heavy atom. The number of aromatic nitrogens is 2. The number of benzene rings is 1. The molecule has 0 aliphatic heterocycles. The van der Waals surface area contributed by atoms with Gasteiger partial charge in [0.15, 0.2) is 0 Å². The van der Waals surface area contributed by atoms with E-state index in [9.17, 15) is 0 Å². The number of anilines is 1. The molecule has 0 spiro atoms. The van der Waals surface area contributed by atoms with E-state index in [2.05, 4.69) is 4.98 Å². The highest BCUT2D eigenvalue weighted by molar-refractivity contribution is 6.31. The summed E-state index contributed by atoms with van der Waals surface area (Å²) in [5.41, 5.74) is 8.45. The number of imidazole rings is 1. The molecule has 0 radical (unpaired) electrons. The van der Waals surface area contributed by atoms with Crippen LogP contribution >= 0.6 is 11.6 Å². The lowest BCUT2D eigenvalue weighted by Gasteiger charge is -2.10. The molecule has 5 heteroatoms. The normalized spacial score (nSPS) is 10.6. The van der Waals surface area contributed by atoms with Crippen molar-refractivity contribution in [2.24, 2.45) is 7.05 Å². The minimum atomic E-state index is 0.472. The van der Waals surface area contributed by atoms with E-state index in [-0.39, 0.29) is 0 Å². The Morgan fingerprint density at radius 3 is 2.65 bits per heavy atom. The molecule has 0 aliphatic rings. The third-order valence-corrected chi connectivity index (χ3v) is 2.96. The molecule has 2 aromatic rings. The zero-order chi connectivity index (χ0) is 12.6. The van der Waals surface area contributed by atoms with E-state index in [1.165, 1.54) is 0 Å². The molecule has 1 aromatic carbocycles. The van der Waals surface area contributed by atoms with Crippen LogP contribution in [0.4, 0.5) is 5.95 Å². The van der Waals surface area contributed by atoms with Crippen LogP contribution in [0.5, 0.6) is 5.75 Å². The number of hydrogen-bond donors (Lipinski definition) is 1. The maximum atomic E-state index is 6.02. The summed E-state index contributed by atoms with van der Waals surface area (Å²) in [6.45, 7) is 1.91. The van der Waals surface area contributed by atoms with Crippen LogP contribution in [0.3, 0.4) is 0 Å². The van der Waals surface area contributed by atoms with Crippen LogP contribution < -0.4 is 10.5 Å². The van der Waals surface area contributed by atoms with E-state index in [0.29, 0.717) is 11.0 Å². The van der Waals surface area contributed by atoms with Crippen molar-refractivity contribution in [3.05, 3.63) is 28.9 Å². The number of nitrogens with two attached hydrogens (primary N) is 1. The van der Waals surface area contributed by atoms with Crippen molar-refractivity contribution in [2.45, 2.75) is 6.92 Å². The van der Waals surface area contributed by atoms with Crippen LogP contribution in [0.1, 0.15) is 5.69 Å². The van der Waals surface area contributed by atoms with Crippen molar-refractivity contribution in [2.75, 3.05) is 12.8 Å². The van der Waals surface area contributed by atoms with Crippen molar-refractivity contribution in [3.63, 3.8) is 0 Å². The smallest absolute Gasteiger partial charge is 0.200 e. The quantitative estimate of drug-likeness (QED) is 0.893. The van der Waals surface area contributed by atoms with E-state index in [0.717, 1.165) is 22.7 Å². The first-order valence-electron chi connectivity index (χ1n) is 5.17. The summed E-state index contributed by atoms with van der Waals surface area (Å²) >= 11 is 6.02. The molecule has 0 saturated carbocycles. The zero-order valence-corrected chi connectivity index (χ0v) is 10.7. The monoisotopic (exact) mass is 251 g/mol. The summed E-state index contributed by atoms with van der Waals surface area (Å²) < 4.78 is 7.16. The van der Waals surface area contributed by atoms with Gasteiger partial charge in [-0.05, 0) is 25.1 Å². The molecule has 0 unspecified atom stereocenters. The SMILES string of the molecule is COc1ccc(Cl)cc1-c1c(C)nc(N)n1C. The summed E-state index contributed by atoms with van der Waals surface area (Å²) in [5, 5.41) is 0.653. The van der Waals surface area contributed by atoms with Crippen LogP contribution in [0, 0.1) is 6.92 Å². The molecule has 4 nitrogen and oxygen atoms in total. The van der Waals surface area contributed by atoms with Gasteiger partial charge in [0, 0.05) is 17.6 Å². The first-order valence-corrected chi connectivity index (χ1v) is 5.55. The van der Waals surface area contributed by atoms with Gasteiger partial charge in [0.25, 0.3) is 0 Å². The van der Waals surface area contributed by atoms with Crippen molar-refractivity contribution in [1.82, 2.24) is 9.55 Å². The van der Waals surface area contributed by atoms with Crippen LogP contribution in [0.25, 0.3) is 11.3 Å². The second-order valence-electron chi connectivity index (χ2n) is 3.81. The second-order valence-corrected chi connectivity index (χ2v) is 4.24. The molecule has 1 aromatic heterocycles. The molecule has 17 heavy (non-hydrogen) atoms. The van der Waals surface area contributed by atoms with Crippen molar-refractivity contribution in [1.29, 1.82) is 0 Å². The predicted molar refractivity (Wildman–Crippen MR) is 69.4 cm³/mol. The molecule has 0 saturated heterocycles. The van der Waals surface area contributed by atoms with E-state index >= 15 is 0 Å². The van der Waals surface area contributed by atoms with Gasteiger partial charge in [-0.2, -0.15) is 0 Å². The third-order valence-electron chi connectivity index (χ3n) is 2.72. The van der Waals surface area contributed by atoms with Gasteiger partial charge in [-0.15, -0.1) is 0 Å². The van der Waals surface area contributed by atoms with Crippen LogP contribution in [0.2, 0.25) is 5.02 Å². The van der Waals surface area contributed by atoms with Gasteiger partial charge >= 0.3 is 0 Å². The Morgan fingerprint density at radius 2 is 2.12 bits per heavy atom. The van der Waals surface area contributed by atoms with E-state index in [1.807, 2.05) is 30.7 Å². The summed E-state index contributed by atoms with van der Waals surface area (Å²) in [7, 11) is 3.49. The molecule has 0 amide bonds. The van der Waals surface area contributed by atoms with Crippen LogP contribution in [-0.2, 0) is 7.05 Å². The van der Waals surface area contributed by atoms with Gasteiger partial charge in [0.05, 0.1) is 18.5 Å². The van der Waals surface area contributed by atoms with Gasteiger partial charge < -0.3 is 15.0 Å². The topological polar surface area (TPSA) is 53.1 Å². The highest BCUT2D eigenvalue weighted by atomic mass is 35.5. The minimum absolute atomic E-state index is 0.472. The zero-order valence-electron chi connectivity index (χ0n) is 9.99. The van der Waals surface area contributed by atoms with Crippen molar-refractivity contribution >= 4 is 17.5 Å². The Kier molecular flexibility index (Phi) is 2.98. The fourth-order valence-electron chi connectivity index (χ4n) is 1.90. The maximum Gasteiger partial charge on any atom is 0.200 e. The Bertz CT molecular complexity index is 563. The fourth-order valence-corrected chi connectivity index (χ4v) is 2.07. The largest absolute Gasteiger partial charge is 0.496 e. The third kappa shape index (κ3) is 1.96. The molecule has 0 bridgehead atoms. The number of methoxy groups -OCH3 is 1. The van der Waals surface area contributed by atoms with Crippen LogP contribution in [-0.4, -0.2) is 16.7 Å². The maximum absolute atomic E-state index is 6.02. The molecule has 0 fully saturated rings. The molecule has 90 valence electrons. The van der Waals surface area contributed by atoms with Gasteiger partial charge in [0.1, 0.15) is 5.75 Å². The summed E-state index contributed by atoms with van der Waals surface area (Å²) in [5.74, 6) is 1.22. The Hall–Kier alpha value is -1.68. The van der Waals surface area contributed by atoms with E-state index in [4.69, 9.17) is 22.1 Å². The molecule has 2 N–H and O–H groups in total. The Balaban J connectivity index is 2.71. The van der Waals surface area contributed by atoms with Gasteiger partial charge in [-0.25, -0.2) is 4.98 Å². The van der Waals surface area contributed by atoms with Gasteiger partial charge in [-0.3, -0.25) is 0 Å². The number of aryl methyl sites for hydroxylation is 1. The molecule has 0 atom stereocenters. The highest BCUT2D eigenvalue weighted by Crippen LogP contribution is 2.34. The van der Waals surface area contributed by atoms with Crippen molar-refractivity contribution < 1.29 is 4.74 Å². The lowest BCUT2D eigenvalue weighted by Crippen LogP contribution is -1.99. The van der Waals surface area contributed by atoms with Crippen LogP contribution in [0.15, 0.2) is 18.2 Å². The molecule has 0 aliphatic carbocycles. The summed E-state index contributed by atoms with van der Waals surface area (Å²) in [6.07, 6.45) is 0. The average Bonchev–Trinajstić information content (AvgIpc) is 2.53. The number of ether oxygens (including phenoxy) is 1. The molecule has 2 rings (SSSR count). The van der Waals surface area contributed by atoms with Crippen molar-refractivity contribution in [3.8, 4) is 17.0 Å². The lowest BCUT2D eigenvalue weighted by molar-refractivity contribution is 0.416. The number of rotatable bonds is 2. The molecule has 1 heterocycles. The summed E-state index contributed by atoms with van der Waals surface area (Å²) in [4.78, 5) is 4.23.